The summed E-state index contributed by atoms with van der Waals surface area (Å²) in [6, 6.07) is 3.15. The predicted octanol–water partition coefficient (Wildman–Crippen LogP) is 3.05. The molecule has 12 heteroatoms. The van der Waals surface area contributed by atoms with E-state index in [-0.39, 0.29) is 16.9 Å². The van der Waals surface area contributed by atoms with E-state index in [0.717, 1.165) is 22.7 Å². The van der Waals surface area contributed by atoms with Gasteiger partial charge in [-0.05, 0) is 24.1 Å². The number of nitrogens with two attached hydrogens (primary N) is 1. The molecule has 0 bridgehead atoms. The fraction of sp³-hybridized carbons (Fsp3) is 0.294. The molecule has 2 heterocycles. The lowest BCUT2D eigenvalue weighted by Crippen LogP contribution is -2.45. The maximum atomic E-state index is 13.3. The maximum Gasteiger partial charge on any atom is 0.434 e. The van der Waals surface area contributed by atoms with Gasteiger partial charge in [-0.2, -0.15) is 26.3 Å². The molecule has 0 saturated heterocycles. The number of rotatable bonds is 3. The number of aromatic nitrogens is 3. The molecule has 6 nitrogen and oxygen atoms in total. The van der Waals surface area contributed by atoms with E-state index in [0.29, 0.717) is 11.8 Å². The summed E-state index contributed by atoms with van der Waals surface area (Å²) in [5, 5.41) is 19.1. The lowest BCUT2D eigenvalue weighted by molar-refractivity contribution is -0.277. The lowest BCUT2D eigenvalue weighted by Gasteiger charge is -2.29. The quantitative estimate of drug-likeness (QED) is 0.566. The van der Waals surface area contributed by atoms with Gasteiger partial charge in [0.25, 0.3) is 0 Å². The maximum absolute atomic E-state index is 13.3. The first-order chi connectivity index (χ1) is 13.3. The molecule has 0 fully saturated rings. The van der Waals surface area contributed by atoms with E-state index >= 15 is 0 Å². The van der Waals surface area contributed by atoms with Crippen LogP contribution in [0.1, 0.15) is 16.8 Å². The zero-order chi connectivity index (χ0) is 21.8. The van der Waals surface area contributed by atoms with Crippen LogP contribution in [0.2, 0.25) is 0 Å². The van der Waals surface area contributed by atoms with Crippen molar-refractivity contribution < 1.29 is 36.6 Å². The van der Waals surface area contributed by atoms with Gasteiger partial charge in [0.05, 0.1) is 18.5 Å². The van der Waals surface area contributed by atoms with Crippen LogP contribution in [0.15, 0.2) is 30.6 Å². The van der Waals surface area contributed by atoms with Crippen molar-refractivity contribution in [2.75, 3.05) is 12.3 Å². The molecule has 0 saturated carbocycles. The normalized spacial score (nSPS) is 14.9. The molecular weight excluding hydrogens is 406 g/mol. The average molecular weight is 420 g/mol. The Bertz CT molecular complexity index is 1080. The van der Waals surface area contributed by atoms with Gasteiger partial charge < -0.3 is 15.9 Å². The minimum Gasteiger partial charge on any atom is -0.393 e. The van der Waals surface area contributed by atoms with Crippen molar-refractivity contribution in [3.8, 4) is 11.3 Å². The number of aryl methyl sites for hydroxylation is 1. The summed E-state index contributed by atoms with van der Waals surface area (Å²) in [6.45, 7) is -0.124. The standard InChI is InChI=1S/C17H14F6N4O2/c1-8-2-3-9(15(29,7-28)17(21,22)23)4-10(8)11-5-25-14-13(24)26-12(6-27(11)14)16(18,19)20/h2-6,28-29H,7H2,1H3,(H2,24,26)/t15-/m1/s1. The second-order valence-corrected chi connectivity index (χ2v) is 6.39. The van der Waals surface area contributed by atoms with Gasteiger partial charge in [0.15, 0.2) is 17.2 Å². The molecular formula is C17H14F6N4O2. The van der Waals surface area contributed by atoms with Gasteiger partial charge in [0.2, 0.25) is 5.60 Å². The van der Waals surface area contributed by atoms with Crippen molar-refractivity contribution >= 4 is 11.5 Å². The fourth-order valence-electron chi connectivity index (χ4n) is 2.85. The highest BCUT2D eigenvalue weighted by molar-refractivity contribution is 5.72. The largest absolute Gasteiger partial charge is 0.434 e. The third kappa shape index (κ3) is 3.38. The minimum absolute atomic E-state index is 0.00131. The highest BCUT2D eigenvalue weighted by Crippen LogP contribution is 2.40. The number of nitrogens with zero attached hydrogens (tertiary/aromatic N) is 3. The van der Waals surface area contributed by atoms with Gasteiger partial charge in [-0.3, -0.25) is 4.40 Å². The summed E-state index contributed by atoms with van der Waals surface area (Å²) >= 11 is 0. The van der Waals surface area contributed by atoms with Gasteiger partial charge >= 0.3 is 12.4 Å². The van der Waals surface area contributed by atoms with E-state index in [4.69, 9.17) is 10.8 Å². The Morgan fingerprint density at radius 2 is 1.79 bits per heavy atom. The van der Waals surface area contributed by atoms with Crippen molar-refractivity contribution in [3.63, 3.8) is 0 Å². The molecule has 0 radical (unpaired) electrons. The van der Waals surface area contributed by atoms with Crippen molar-refractivity contribution in [2.24, 2.45) is 0 Å². The number of aliphatic hydroxyl groups excluding tert-OH is 1. The van der Waals surface area contributed by atoms with Crippen LogP contribution in [-0.2, 0) is 11.8 Å². The molecule has 1 aromatic carbocycles. The Kier molecular flexibility index (Phi) is 4.74. The molecule has 0 aliphatic heterocycles. The van der Waals surface area contributed by atoms with E-state index in [1.165, 1.54) is 13.0 Å². The monoisotopic (exact) mass is 420 g/mol. The molecule has 29 heavy (non-hydrogen) atoms. The van der Waals surface area contributed by atoms with Crippen molar-refractivity contribution in [3.05, 3.63) is 47.4 Å². The fourth-order valence-corrected chi connectivity index (χ4v) is 2.85. The number of anilines is 1. The molecule has 2 aromatic heterocycles. The molecule has 1 atom stereocenters. The van der Waals surface area contributed by atoms with Crippen molar-refractivity contribution in [2.45, 2.75) is 24.9 Å². The first kappa shape index (κ1) is 20.9. The van der Waals surface area contributed by atoms with Gasteiger partial charge in [-0.15, -0.1) is 0 Å². The summed E-state index contributed by atoms with van der Waals surface area (Å²) in [5.41, 5.74) is 0.342. The van der Waals surface area contributed by atoms with Gasteiger partial charge in [0, 0.05) is 11.8 Å². The van der Waals surface area contributed by atoms with Crippen LogP contribution in [0.3, 0.4) is 0 Å². The molecule has 3 rings (SSSR count). The zero-order valence-electron chi connectivity index (χ0n) is 14.7. The highest BCUT2D eigenvalue weighted by Gasteiger charge is 2.54. The summed E-state index contributed by atoms with van der Waals surface area (Å²) in [6.07, 6.45) is -8.24. The van der Waals surface area contributed by atoms with Crippen LogP contribution in [0, 0.1) is 6.92 Å². The number of benzene rings is 1. The summed E-state index contributed by atoms with van der Waals surface area (Å²) in [5.74, 6) is -0.512. The van der Waals surface area contributed by atoms with Crippen LogP contribution in [0.4, 0.5) is 32.2 Å². The second-order valence-electron chi connectivity index (χ2n) is 6.39. The van der Waals surface area contributed by atoms with Gasteiger partial charge in [-0.25, -0.2) is 9.97 Å². The third-order valence-electron chi connectivity index (χ3n) is 4.50. The van der Waals surface area contributed by atoms with Crippen molar-refractivity contribution in [1.82, 2.24) is 14.4 Å². The average Bonchev–Trinajstić information content (AvgIpc) is 3.04. The SMILES string of the molecule is Cc1ccc([C@](O)(CO)C(F)(F)F)cc1-c1cnc2c(N)nc(C(F)(F)F)cn12. The molecule has 0 unspecified atom stereocenters. The smallest absolute Gasteiger partial charge is 0.393 e. The van der Waals surface area contributed by atoms with E-state index in [2.05, 4.69) is 9.97 Å². The summed E-state index contributed by atoms with van der Waals surface area (Å²) in [4.78, 5) is 7.15. The minimum atomic E-state index is -5.19. The summed E-state index contributed by atoms with van der Waals surface area (Å²) < 4.78 is 80.0. The lowest BCUT2D eigenvalue weighted by atomic mass is 9.90. The summed E-state index contributed by atoms with van der Waals surface area (Å²) in [7, 11) is 0. The van der Waals surface area contributed by atoms with E-state index in [1.54, 1.807) is 0 Å². The Labute approximate surface area is 159 Å². The first-order valence-corrected chi connectivity index (χ1v) is 8.02. The van der Waals surface area contributed by atoms with Crippen LogP contribution in [0.5, 0.6) is 0 Å². The van der Waals surface area contributed by atoms with Gasteiger partial charge in [-0.1, -0.05) is 12.1 Å². The van der Waals surface area contributed by atoms with Crippen LogP contribution in [0.25, 0.3) is 16.9 Å². The number of fused-ring (bicyclic) bond motifs is 1. The van der Waals surface area contributed by atoms with Gasteiger partial charge in [0.1, 0.15) is 0 Å². The van der Waals surface area contributed by atoms with E-state index in [1.807, 2.05) is 0 Å². The van der Waals surface area contributed by atoms with E-state index in [9.17, 15) is 31.4 Å². The zero-order valence-corrected chi connectivity index (χ0v) is 14.7. The number of imidazole rings is 1. The predicted molar refractivity (Wildman–Crippen MR) is 89.6 cm³/mol. The first-order valence-electron chi connectivity index (χ1n) is 8.02. The molecule has 0 spiro atoms. The molecule has 4 N–H and O–H groups in total. The molecule has 156 valence electrons. The topological polar surface area (TPSA) is 96.7 Å². The van der Waals surface area contributed by atoms with E-state index < -0.39 is 41.6 Å². The Balaban J connectivity index is 2.27. The highest BCUT2D eigenvalue weighted by atomic mass is 19.4. The van der Waals surface area contributed by atoms with Crippen LogP contribution >= 0.6 is 0 Å². The number of halogens is 6. The molecule has 3 aromatic rings. The third-order valence-corrected chi connectivity index (χ3v) is 4.50. The molecule has 0 aliphatic carbocycles. The Morgan fingerprint density at radius 3 is 2.34 bits per heavy atom. The number of aliphatic hydroxyl groups is 2. The van der Waals surface area contributed by atoms with Crippen molar-refractivity contribution in [1.29, 1.82) is 0 Å². The number of nitrogen functional groups attached to an aromatic ring is 1. The Morgan fingerprint density at radius 1 is 1.14 bits per heavy atom. The Hall–Kier alpha value is -2.86. The molecule has 0 aliphatic rings. The van der Waals surface area contributed by atoms with Crippen LogP contribution in [-0.4, -0.2) is 37.4 Å². The van der Waals surface area contributed by atoms with Crippen LogP contribution < -0.4 is 5.73 Å². The second kappa shape index (κ2) is 6.59. The molecule has 0 amide bonds. The number of alkyl halides is 6. The number of hydrogen-bond donors (Lipinski definition) is 3. The number of hydrogen-bond acceptors (Lipinski definition) is 5.